The monoisotopic (exact) mass is 491 g/mol. The SMILES string of the molecule is CC[C@H](C(=O)N1CCC[C@H]1C(=O)NC1CCC(NC(=O)c2ccc(OC)cc2)CC1)c1ccccc1. The van der Waals surface area contributed by atoms with Crippen molar-refractivity contribution in [1.29, 1.82) is 0 Å². The number of ether oxygens (including phenoxy) is 1. The van der Waals surface area contributed by atoms with Gasteiger partial charge in [0, 0.05) is 24.2 Å². The van der Waals surface area contributed by atoms with Crippen LogP contribution >= 0.6 is 0 Å². The maximum atomic E-state index is 13.4. The van der Waals surface area contributed by atoms with E-state index in [0.717, 1.165) is 43.4 Å². The Morgan fingerprint density at radius 1 is 0.917 bits per heavy atom. The zero-order chi connectivity index (χ0) is 25.5. The van der Waals surface area contributed by atoms with Crippen molar-refractivity contribution in [2.75, 3.05) is 13.7 Å². The molecule has 2 atom stereocenters. The van der Waals surface area contributed by atoms with Gasteiger partial charge in [-0.05, 0) is 74.8 Å². The van der Waals surface area contributed by atoms with E-state index < -0.39 is 6.04 Å². The normalized spacial score (nSPS) is 22.5. The van der Waals surface area contributed by atoms with E-state index in [1.165, 1.54) is 0 Å². The van der Waals surface area contributed by atoms with Crippen molar-refractivity contribution in [3.8, 4) is 5.75 Å². The standard InChI is InChI=1S/C29H37N3O4/c1-3-25(20-8-5-4-6-9-20)29(35)32-19-7-10-26(32)28(34)31-23-15-13-22(14-16-23)30-27(33)21-11-17-24(36-2)18-12-21/h4-6,8-9,11-12,17-18,22-23,25-26H,3,7,10,13-16,19H2,1-2H3,(H,30,33)(H,31,34)/t22?,23?,25-,26-/m0/s1. The number of nitrogens with zero attached hydrogens (tertiary/aromatic N) is 1. The summed E-state index contributed by atoms with van der Waals surface area (Å²) in [6.45, 7) is 2.65. The minimum absolute atomic E-state index is 0.0468. The first-order valence-electron chi connectivity index (χ1n) is 13.1. The minimum atomic E-state index is -0.400. The molecule has 1 heterocycles. The van der Waals surface area contributed by atoms with E-state index in [1.807, 2.05) is 37.3 Å². The molecule has 7 nitrogen and oxygen atoms in total. The number of carbonyl (C=O) groups is 3. The second-order valence-corrected chi connectivity index (χ2v) is 9.82. The van der Waals surface area contributed by atoms with Crippen LogP contribution in [0.2, 0.25) is 0 Å². The molecular formula is C29H37N3O4. The molecule has 4 rings (SSSR count). The van der Waals surface area contributed by atoms with Gasteiger partial charge in [0.1, 0.15) is 11.8 Å². The number of rotatable bonds is 8. The molecule has 2 aliphatic rings. The van der Waals surface area contributed by atoms with Crippen molar-refractivity contribution in [3.63, 3.8) is 0 Å². The van der Waals surface area contributed by atoms with Crippen LogP contribution in [0, 0.1) is 0 Å². The average Bonchev–Trinajstić information content (AvgIpc) is 3.41. The largest absolute Gasteiger partial charge is 0.497 e. The molecule has 0 unspecified atom stereocenters. The molecule has 2 N–H and O–H groups in total. The van der Waals surface area contributed by atoms with Gasteiger partial charge in [-0.15, -0.1) is 0 Å². The highest BCUT2D eigenvalue weighted by molar-refractivity contribution is 5.94. The number of amides is 3. The lowest BCUT2D eigenvalue weighted by molar-refractivity contribution is -0.140. The Hall–Kier alpha value is -3.35. The van der Waals surface area contributed by atoms with E-state index in [9.17, 15) is 14.4 Å². The lowest BCUT2D eigenvalue weighted by Crippen LogP contribution is -2.51. The van der Waals surface area contributed by atoms with Crippen LogP contribution in [0.1, 0.15) is 73.7 Å². The summed E-state index contributed by atoms with van der Waals surface area (Å²) in [5.41, 5.74) is 1.61. The van der Waals surface area contributed by atoms with Gasteiger partial charge in [0.2, 0.25) is 11.8 Å². The third kappa shape index (κ3) is 6.07. The minimum Gasteiger partial charge on any atom is -0.497 e. The number of hydrogen-bond donors (Lipinski definition) is 2. The van der Waals surface area contributed by atoms with E-state index >= 15 is 0 Å². The van der Waals surface area contributed by atoms with Gasteiger partial charge in [0.05, 0.1) is 13.0 Å². The predicted molar refractivity (Wildman–Crippen MR) is 139 cm³/mol. The first kappa shape index (κ1) is 25.7. The molecule has 1 saturated heterocycles. The molecule has 1 saturated carbocycles. The number of likely N-dealkylation sites (tertiary alicyclic amines) is 1. The second kappa shape index (κ2) is 12.1. The van der Waals surface area contributed by atoms with Crippen molar-refractivity contribution in [3.05, 3.63) is 65.7 Å². The highest BCUT2D eigenvalue weighted by Crippen LogP contribution is 2.28. The maximum absolute atomic E-state index is 13.4. The first-order chi connectivity index (χ1) is 17.5. The Kier molecular flexibility index (Phi) is 8.62. The van der Waals surface area contributed by atoms with Gasteiger partial charge >= 0.3 is 0 Å². The van der Waals surface area contributed by atoms with Crippen LogP contribution < -0.4 is 15.4 Å². The molecule has 2 fully saturated rings. The van der Waals surface area contributed by atoms with Crippen LogP contribution in [-0.2, 0) is 9.59 Å². The van der Waals surface area contributed by atoms with Crippen molar-refractivity contribution in [2.24, 2.45) is 0 Å². The van der Waals surface area contributed by atoms with Crippen molar-refractivity contribution in [1.82, 2.24) is 15.5 Å². The van der Waals surface area contributed by atoms with Gasteiger partial charge < -0.3 is 20.3 Å². The Morgan fingerprint density at radius 3 is 2.17 bits per heavy atom. The zero-order valence-corrected chi connectivity index (χ0v) is 21.2. The number of carbonyl (C=O) groups excluding carboxylic acids is 3. The summed E-state index contributed by atoms with van der Waals surface area (Å²) < 4.78 is 5.15. The molecule has 0 aromatic heterocycles. The first-order valence-corrected chi connectivity index (χ1v) is 13.1. The molecular weight excluding hydrogens is 454 g/mol. The lowest BCUT2D eigenvalue weighted by atomic mass is 9.90. The molecule has 7 heteroatoms. The molecule has 0 bridgehead atoms. The smallest absolute Gasteiger partial charge is 0.251 e. The van der Waals surface area contributed by atoms with E-state index in [1.54, 1.807) is 36.3 Å². The molecule has 0 spiro atoms. The summed E-state index contributed by atoms with van der Waals surface area (Å²) >= 11 is 0. The van der Waals surface area contributed by atoms with Gasteiger partial charge in [-0.2, -0.15) is 0 Å². The van der Waals surface area contributed by atoms with Crippen LogP contribution in [0.3, 0.4) is 0 Å². The third-order valence-electron chi connectivity index (χ3n) is 7.51. The zero-order valence-electron chi connectivity index (χ0n) is 21.2. The number of methoxy groups -OCH3 is 1. The summed E-state index contributed by atoms with van der Waals surface area (Å²) in [4.78, 5) is 40.9. The topological polar surface area (TPSA) is 87.7 Å². The van der Waals surface area contributed by atoms with Crippen LogP contribution in [-0.4, -0.2) is 54.4 Å². The quantitative estimate of drug-likeness (QED) is 0.584. The van der Waals surface area contributed by atoms with Gasteiger partial charge in [-0.3, -0.25) is 14.4 Å². The fourth-order valence-corrected chi connectivity index (χ4v) is 5.43. The van der Waals surface area contributed by atoms with Crippen molar-refractivity contribution < 1.29 is 19.1 Å². The molecule has 0 radical (unpaired) electrons. The fraction of sp³-hybridized carbons (Fsp3) is 0.483. The summed E-state index contributed by atoms with van der Waals surface area (Å²) in [5.74, 6) is 0.412. The van der Waals surface area contributed by atoms with E-state index in [0.29, 0.717) is 24.9 Å². The molecule has 36 heavy (non-hydrogen) atoms. The highest BCUT2D eigenvalue weighted by atomic mass is 16.5. The highest BCUT2D eigenvalue weighted by Gasteiger charge is 2.38. The van der Waals surface area contributed by atoms with Crippen LogP contribution in [0.4, 0.5) is 0 Å². The molecule has 1 aliphatic carbocycles. The molecule has 3 amide bonds. The van der Waals surface area contributed by atoms with Gasteiger partial charge in [0.15, 0.2) is 0 Å². The third-order valence-corrected chi connectivity index (χ3v) is 7.51. The van der Waals surface area contributed by atoms with Crippen molar-refractivity contribution >= 4 is 17.7 Å². The second-order valence-electron chi connectivity index (χ2n) is 9.82. The molecule has 1 aliphatic heterocycles. The Morgan fingerprint density at radius 2 is 1.56 bits per heavy atom. The predicted octanol–water partition coefficient (Wildman–Crippen LogP) is 4.04. The van der Waals surface area contributed by atoms with Gasteiger partial charge in [-0.25, -0.2) is 0 Å². The molecule has 192 valence electrons. The average molecular weight is 492 g/mol. The van der Waals surface area contributed by atoms with E-state index in [4.69, 9.17) is 4.74 Å². The maximum Gasteiger partial charge on any atom is 0.251 e. The number of nitrogens with one attached hydrogen (secondary N) is 2. The van der Waals surface area contributed by atoms with E-state index in [2.05, 4.69) is 10.6 Å². The Bertz CT molecular complexity index is 1030. The molecule has 2 aromatic rings. The molecule has 2 aromatic carbocycles. The summed E-state index contributed by atoms with van der Waals surface area (Å²) in [5, 5.41) is 6.31. The summed E-state index contributed by atoms with van der Waals surface area (Å²) in [6, 6.07) is 16.7. The number of benzene rings is 2. The van der Waals surface area contributed by atoms with Gasteiger partial charge in [-0.1, -0.05) is 37.3 Å². The van der Waals surface area contributed by atoms with Crippen LogP contribution in [0.5, 0.6) is 5.75 Å². The summed E-state index contributed by atoms with van der Waals surface area (Å²) in [7, 11) is 1.60. The van der Waals surface area contributed by atoms with E-state index in [-0.39, 0.29) is 35.7 Å². The Balaban J connectivity index is 1.27. The lowest BCUT2D eigenvalue weighted by Gasteiger charge is -2.32. The summed E-state index contributed by atoms with van der Waals surface area (Å²) in [6.07, 6.45) is 5.50. The van der Waals surface area contributed by atoms with Crippen molar-refractivity contribution in [2.45, 2.75) is 75.9 Å². The van der Waals surface area contributed by atoms with Crippen LogP contribution in [0.25, 0.3) is 0 Å². The fourth-order valence-electron chi connectivity index (χ4n) is 5.43. The Labute approximate surface area is 213 Å². The van der Waals surface area contributed by atoms with Gasteiger partial charge in [0.25, 0.3) is 5.91 Å². The van der Waals surface area contributed by atoms with Crippen LogP contribution in [0.15, 0.2) is 54.6 Å². The number of hydrogen-bond acceptors (Lipinski definition) is 4.